The molecule has 0 fully saturated rings. The van der Waals surface area contributed by atoms with Crippen LogP contribution in [0, 0.1) is 5.41 Å². The molecule has 2 unspecified atom stereocenters. The molecule has 0 radical (unpaired) electrons. The Morgan fingerprint density at radius 1 is 1.05 bits per heavy atom. The number of benzene rings is 1. The maximum Gasteiger partial charge on any atom is 0.336 e. The highest BCUT2D eigenvalue weighted by Gasteiger charge is 2.47. The molecule has 0 amide bonds. The lowest BCUT2D eigenvalue weighted by Gasteiger charge is -2.33. The number of carboxylic acids is 1. The first-order valence-corrected chi connectivity index (χ1v) is 6.13. The van der Waals surface area contributed by atoms with E-state index in [4.69, 9.17) is 0 Å². The molecule has 1 aromatic rings. The van der Waals surface area contributed by atoms with E-state index < -0.39 is 22.9 Å². The van der Waals surface area contributed by atoms with Gasteiger partial charge < -0.3 is 10.2 Å². The highest BCUT2D eigenvalue weighted by Crippen LogP contribution is 2.35. The van der Waals surface area contributed by atoms with Gasteiger partial charge in [-0.05, 0) is 12.5 Å². The molecule has 0 saturated heterocycles. The van der Waals surface area contributed by atoms with Gasteiger partial charge in [0.15, 0.2) is 5.60 Å². The zero-order chi connectivity index (χ0) is 14.8. The fraction of sp³-hybridized carbons (Fsp3) is 0.467. The molecule has 4 heteroatoms. The van der Waals surface area contributed by atoms with Gasteiger partial charge in [-0.3, -0.25) is 4.79 Å². The third kappa shape index (κ3) is 3.20. The number of hydrogen-bond donors (Lipinski definition) is 2. The van der Waals surface area contributed by atoms with E-state index in [2.05, 4.69) is 0 Å². The zero-order valence-corrected chi connectivity index (χ0v) is 11.7. The number of carboxylic acid groups (broad SMARTS) is 1. The van der Waals surface area contributed by atoms with Crippen LogP contribution in [0.3, 0.4) is 0 Å². The van der Waals surface area contributed by atoms with Gasteiger partial charge in [-0.2, -0.15) is 0 Å². The third-order valence-corrected chi connectivity index (χ3v) is 3.13. The van der Waals surface area contributed by atoms with Crippen LogP contribution >= 0.6 is 0 Å². The van der Waals surface area contributed by atoms with Crippen molar-refractivity contribution in [3.8, 4) is 0 Å². The highest BCUT2D eigenvalue weighted by molar-refractivity contribution is 5.96. The van der Waals surface area contributed by atoms with Crippen LogP contribution in [0.25, 0.3) is 0 Å². The topological polar surface area (TPSA) is 74.6 Å². The summed E-state index contributed by atoms with van der Waals surface area (Å²) in [6, 6.07) is 8.53. The lowest BCUT2D eigenvalue weighted by atomic mass is 9.72. The first-order chi connectivity index (χ1) is 8.58. The van der Waals surface area contributed by atoms with Crippen LogP contribution < -0.4 is 0 Å². The number of hydrogen-bond acceptors (Lipinski definition) is 3. The van der Waals surface area contributed by atoms with E-state index in [1.807, 2.05) is 0 Å². The van der Waals surface area contributed by atoms with Gasteiger partial charge >= 0.3 is 5.97 Å². The summed E-state index contributed by atoms with van der Waals surface area (Å²) in [5, 5.41) is 19.4. The lowest BCUT2D eigenvalue weighted by molar-refractivity contribution is -0.163. The van der Waals surface area contributed by atoms with E-state index in [1.165, 1.54) is 0 Å². The Bertz CT molecular complexity index is 469. The van der Waals surface area contributed by atoms with Crippen molar-refractivity contribution in [1.29, 1.82) is 0 Å². The van der Waals surface area contributed by atoms with E-state index in [0.29, 0.717) is 5.56 Å². The summed E-state index contributed by atoms with van der Waals surface area (Å²) in [7, 11) is 0. The Morgan fingerprint density at radius 3 is 1.89 bits per heavy atom. The minimum absolute atomic E-state index is 0.300. The summed E-state index contributed by atoms with van der Waals surface area (Å²) in [6.07, 6.45) is 0. The minimum Gasteiger partial charge on any atom is -0.479 e. The summed E-state index contributed by atoms with van der Waals surface area (Å²) in [4.78, 5) is 23.8. The molecule has 0 aliphatic heterocycles. The SMILES string of the molecule is CC(C)(C)C(=O)C(c1ccccc1)C(C)(O)C(=O)O. The number of carbonyl (C=O) groups excluding carboxylic acids is 1. The highest BCUT2D eigenvalue weighted by atomic mass is 16.4. The molecule has 0 bridgehead atoms. The Kier molecular flexibility index (Phi) is 4.15. The first kappa shape index (κ1) is 15.4. The molecule has 19 heavy (non-hydrogen) atoms. The second kappa shape index (κ2) is 5.13. The van der Waals surface area contributed by atoms with Crippen molar-refractivity contribution in [2.45, 2.75) is 39.2 Å². The van der Waals surface area contributed by atoms with E-state index in [0.717, 1.165) is 6.92 Å². The molecule has 2 atom stereocenters. The molecule has 0 aliphatic carbocycles. The zero-order valence-electron chi connectivity index (χ0n) is 11.7. The Labute approximate surface area is 113 Å². The van der Waals surface area contributed by atoms with Gasteiger partial charge in [0, 0.05) is 5.41 Å². The first-order valence-electron chi connectivity index (χ1n) is 6.13. The summed E-state index contributed by atoms with van der Waals surface area (Å²) in [6.45, 7) is 6.30. The van der Waals surface area contributed by atoms with Gasteiger partial charge in [-0.25, -0.2) is 4.79 Å². The Morgan fingerprint density at radius 2 is 1.53 bits per heavy atom. The van der Waals surface area contributed by atoms with Crippen LogP contribution in [0.4, 0.5) is 0 Å². The lowest BCUT2D eigenvalue weighted by Crippen LogP contribution is -2.47. The van der Waals surface area contributed by atoms with Crippen molar-refractivity contribution < 1.29 is 19.8 Å². The van der Waals surface area contributed by atoms with Gasteiger partial charge in [-0.1, -0.05) is 51.1 Å². The molecular formula is C15H20O4. The van der Waals surface area contributed by atoms with Gasteiger partial charge in [0.25, 0.3) is 0 Å². The van der Waals surface area contributed by atoms with E-state index >= 15 is 0 Å². The van der Waals surface area contributed by atoms with Crippen LogP contribution in [0.2, 0.25) is 0 Å². The summed E-state index contributed by atoms with van der Waals surface area (Å²) in [5.74, 6) is -2.80. The van der Waals surface area contributed by atoms with Crippen LogP contribution in [0.1, 0.15) is 39.2 Å². The second-order valence-electron chi connectivity index (χ2n) is 5.91. The van der Waals surface area contributed by atoms with Crippen molar-refractivity contribution in [2.24, 2.45) is 5.41 Å². The normalized spacial score (nSPS) is 16.5. The molecule has 0 saturated carbocycles. The predicted molar refractivity (Wildman–Crippen MR) is 71.9 cm³/mol. The van der Waals surface area contributed by atoms with Crippen LogP contribution in [0.5, 0.6) is 0 Å². The smallest absolute Gasteiger partial charge is 0.336 e. The van der Waals surface area contributed by atoms with E-state index in [9.17, 15) is 19.8 Å². The molecule has 2 N–H and O–H groups in total. The van der Waals surface area contributed by atoms with Crippen molar-refractivity contribution in [2.75, 3.05) is 0 Å². The fourth-order valence-electron chi connectivity index (χ4n) is 1.93. The summed E-state index contributed by atoms with van der Waals surface area (Å²) >= 11 is 0. The molecule has 4 nitrogen and oxygen atoms in total. The van der Waals surface area contributed by atoms with Gasteiger partial charge in [0.1, 0.15) is 5.78 Å². The Balaban J connectivity index is 3.36. The largest absolute Gasteiger partial charge is 0.479 e. The van der Waals surface area contributed by atoms with E-state index in [1.54, 1.807) is 51.1 Å². The summed E-state index contributed by atoms with van der Waals surface area (Å²) in [5.41, 5.74) is -2.36. The standard InChI is InChI=1S/C15H20O4/c1-14(2,3)12(16)11(15(4,19)13(17)18)10-8-6-5-7-9-10/h5-9,11,19H,1-4H3,(H,17,18). The van der Waals surface area contributed by atoms with Gasteiger partial charge in [0.05, 0.1) is 5.92 Å². The molecule has 0 aliphatic rings. The molecule has 104 valence electrons. The fourth-order valence-corrected chi connectivity index (χ4v) is 1.93. The molecule has 1 aromatic carbocycles. The third-order valence-electron chi connectivity index (χ3n) is 3.13. The van der Waals surface area contributed by atoms with Crippen LogP contribution in [-0.2, 0) is 9.59 Å². The number of Topliss-reactive ketones (excluding diaryl/α,β-unsaturated/α-hetero) is 1. The molecule has 0 aromatic heterocycles. The van der Waals surface area contributed by atoms with Crippen LogP contribution in [0.15, 0.2) is 30.3 Å². The number of ketones is 1. The second-order valence-corrected chi connectivity index (χ2v) is 5.91. The molecule has 1 rings (SSSR count). The quantitative estimate of drug-likeness (QED) is 0.874. The monoisotopic (exact) mass is 264 g/mol. The van der Waals surface area contributed by atoms with Crippen LogP contribution in [-0.4, -0.2) is 27.6 Å². The van der Waals surface area contributed by atoms with Gasteiger partial charge in [-0.15, -0.1) is 0 Å². The van der Waals surface area contributed by atoms with Crippen molar-refractivity contribution >= 4 is 11.8 Å². The summed E-state index contributed by atoms with van der Waals surface area (Å²) < 4.78 is 0. The number of rotatable bonds is 4. The number of aliphatic carboxylic acids is 1. The van der Waals surface area contributed by atoms with Crippen molar-refractivity contribution in [1.82, 2.24) is 0 Å². The molecule has 0 spiro atoms. The average Bonchev–Trinajstić information content (AvgIpc) is 2.28. The van der Waals surface area contributed by atoms with E-state index in [-0.39, 0.29) is 5.78 Å². The molecule has 0 heterocycles. The minimum atomic E-state index is -2.13. The van der Waals surface area contributed by atoms with Gasteiger partial charge in [0.2, 0.25) is 0 Å². The Hall–Kier alpha value is -1.68. The number of aliphatic hydroxyl groups is 1. The van der Waals surface area contributed by atoms with Crippen molar-refractivity contribution in [3.05, 3.63) is 35.9 Å². The average molecular weight is 264 g/mol. The predicted octanol–water partition coefficient (Wildman–Crippen LogP) is 2.22. The number of carbonyl (C=O) groups is 2. The molecular weight excluding hydrogens is 244 g/mol. The maximum atomic E-state index is 12.5. The van der Waals surface area contributed by atoms with Crippen molar-refractivity contribution in [3.63, 3.8) is 0 Å². The maximum absolute atomic E-state index is 12.5.